The van der Waals surface area contributed by atoms with Crippen molar-refractivity contribution in [3.05, 3.63) is 243 Å². The molecule has 0 spiro atoms. The van der Waals surface area contributed by atoms with Crippen LogP contribution in [-0.4, -0.2) is 0 Å². The van der Waals surface area contributed by atoms with E-state index < -0.39 is 0 Å². The van der Waals surface area contributed by atoms with Gasteiger partial charge in [0.1, 0.15) is 0 Å². The zero-order valence-electron chi connectivity index (χ0n) is 40.1. The molecule has 0 N–H and O–H groups in total. The highest BCUT2D eigenvalue weighted by atomic mass is 14.4. The lowest BCUT2D eigenvalue weighted by Gasteiger charge is -2.22. The standard InChI is InChI=1S/C74H40/c1-4-17-41(18-5-1)46-25-12-14-27-48(46)67-61-40-45-24-11-10-23-44(45)39-60(61)63(43-21-8-3-9-22-43)72-57-36-32-51-52-31-35-56-69-59(38-34-54(65(52)69)53-33-37-58(73(67)72)68(57)64(51)53)74-70-50-28-15-13-26-47(50)49-29-16-30-55(66(49)70)62(71(56)74)42-19-6-2-7-20-42/h1-40H. The molecular formula is C74H40. The normalized spacial score (nSPS) is 12.6. The van der Waals surface area contributed by atoms with E-state index in [9.17, 15) is 0 Å². The Morgan fingerprint density at radius 2 is 0.541 bits per heavy atom. The third-order valence-electron chi connectivity index (χ3n) is 17.4. The minimum absolute atomic E-state index is 1.22. The highest BCUT2D eigenvalue weighted by molar-refractivity contribution is 6.51. The van der Waals surface area contributed by atoms with Gasteiger partial charge in [-0.1, -0.05) is 231 Å². The molecule has 0 fully saturated rings. The molecule has 0 bridgehead atoms. The third kappa shape index (κ3) is 4.80. The maximum Gasteiger partial charge on any atom is -0.000696 e. The molecule has 0 heteroatoms. The molecule has 17 aromatic carbocycles. The fourth-order valence-corrected chi connectivity index (χ4v) is 14.6. The van der Waals surface area contributed by atoms with Crippen LogP contribution in [0.25, 0.3) is 185 Å². The van der Waals surface area contributed by atoms with Crippen LogP contribution in [0.5, 0.6) is 0 Å². The van der Waals surface area contributed by atoms with Crippen molar-refractivity contribution < 1.29 is 0 Å². The summed E-state index contributed by atoms with van der Waals surface area (Å²) >= 11 is 0. The molecular weight excluding hydrogens is 889 g/mol. The van der Waals surface area contributed by atoms with Crippen LogP contribution in [0.1, 0.15) is 0 Å². The van der Waals surface area contributed by atoms with Crippen LogP contribution in [0.3, 0.4) is 0 Å². The van der Waals surface area contributed by atoms with Crippen molar-refractivity contribution in [2.24, 2.45) is 0 Å². The predicted octanol–water partition coefficient (Wildman–Crippen LogP) is 21.0. The molecule has 1 aliphatic rings. The first-order valence-corrected chi connectivity index (χ1v) is 26.0. The monoisotopic (exact) mass is 928 g/mol. The van der Waals surface area contributed by atoms with Crippen LogP contribution < -0.4 is 0 Å². The van der Waals surface area contributed by atoms with E-state index >= 15 is 0 Å². The average molecular weight is 929 g/mol. The van der Waals surface area contributed by atoms with Crippen LogP contribution in [0.2, 0.25) is 0 Å². The van der Waals surface area contributed by atoms with E-state index in [1.165, 1.54) is 185 Å². The number of rotatable bonds is 4. The molecule has 336 valence electrons. The molecule has 0 unspecified atom stereocenters. The van der Waals surface area contributed by atoms with Gasteiger partial charge >= 0.3 is 0 Å². The summed E-state index contributed by atoms with van der Waals surface area (Å²) < 4.78 is 0. The quantitative estimate of drug-likeness (QED) is 0.122. The lowest BCUT2D eigenvalue weighted by molar-refractivity contribution is 1.59. The molecule has 1 aliphatic carbocycles. The number of hydrogen-bond acceptors (Lipinski definition) is 0. The molecule has 0 heterocycles. The van der Waals surface area contributed by atoms with Gasteiger partial charge in [-0.3, -0.25) is 0 Å². The Bertz CT molecular complexity index is 5240. The van der Waals surface area contributed by atoms with E-state index in [0.29, 0.717) is 0 Å². The lowest BCUT2D eigenvalue weighted by atomic mass is 9.80. The maximum absolute atomic E-state index is 2.48. The Labute approximate surface area is 425 Å². The first-order valence-electron chi connectivity index (χ1n) is 26.0. The molecule has 0 saturated carbocycles. The van der Waals surface area contributed by atoms with Gasteiger partial charge in [0.15, 0.2) is 0 Å². The third-order valence-corrected chi connectivity index (χ3v) is 17.4. The molecule has 17 aromatic rings. The molecule has 0 radical (unpaired) electrons. The minimum Gasteiger partial charge on any atom is -0.0622 e. The van der Waals surface area contributed by atoms with Gasteiger partial charge in [0.05, 0.1) is 0 Å². The van der Waals surface area contributed by atoms with Crippen LogP contribution >= 0.6 is 0 Å². The molecule has 0 amide bonds. The Kier molecular flexibility index (Phi) is 7.43. The zero-order valence-corrected chi connectivity index (χ0v) is 40.1. The van der Waals surface area contributed by atoms with Crippen molar-refractivity contribution in [3.8, 4) is 66.8 Å². The molecule has 0 aromatic heterocycles. The van der Waals surface area contributed by atoms with Crippen LogP contribution in [0, 0.1) is 0 Å². The topological polar surface area (TPSA) is 0 Å². The molecule has 74 heavy (non-hydrogen) atoms. The second-order valence-electron chi connectivity index (χ2n) is 20.8. The Balaban J connectivity index is 1.01. The van der Waals surface area contributed by atoms with Gasteiger partial charge < -0.3 is 0 Å². The SMILES string of the molecule is c1ccc(-c2ccccc2-c2c3c(c(-c4ccccc4)c4cc5ccccc5cc24)-c2ccc4c5ccc6c7c(-c8ccccc8)c8cccc9c%10ccccc%10c(c89)c7c7ccc(c8ccc-3c2c48)c5c67)cc1. The Morgan fingerprint density at radius 3 is 1.20 bits per heavy atom. The fourth-order valence-electron chi connectivity index (χ4n) is 14.6. The second kappa shape index (κ2) is 14.1. The zero-order chi connectivity index (χ0) is 47.9. The van der Waals surface area contributed by atoms with E-state index in [-0.39, 0.29) is 0 Å². The van der Waals surface area contributed by atoms with Crippen LogP contribution in [0.15, 0.2) is 243 Å². The first kappa shape index (κ1) is 39.0. The van der Waals surface area contributed by atoms with Gasteiger partial charge in [0.2, 0.25) is 0 Å². The lowest BCUT2D eigenvalue weighted by Crippen LogP contribution is -1.95. The summed E-state index contributed by atoms with van der Waals surface area (Å²) in [7, 11) is 0. The smallest absolute Gasteiger partial charge is 0.000696 e. The summed E-state index contributed by atoms with van der Waals surface area (Å²) in [5, 5.41) is 29.2. The predicted molar refractivity (Wildman–Crippen MR) is 319 cm³/mol. The molecule has 18 rings (SSSR count). The summed E-state index contributed by atoms with van der Waals surface area (Å²) in [4.78, 5) is 0. The van der Waals surface area contributed by atoms with Gasteiger partial charge in [0, 0.05) is 0 Å². The van der Waals surface area contributed by atoms with E-state index in [0.717, 1.165) is 0 Å². The molecule has 0 saturated heterocycles. The maximum atomic E-state index is 2.48. The summed E-state index contributed by atoms with van der Waals surface area (Å²) in [6.45, 7) is 0. The Hall–Kier alpha value is -9.62. The number of hydrogen-bond donors (Lipinski definition) is 0. The second-order valence-corrected chi connectivity index (χ2v) is 20.8. The summed E-state index contributed by atoms with van der Waals surface area (Å²) in [5.74, 6) is 0. The summed E-state index contributed by atoms with van der Waals surface area (Å²) in [6.07, 6.45) is 0. The van der Waals surface area contributed by atoms with Crippen molar-refractivity contribution in [1.82, 2.24) is 0 Å². The highest BCUT2D eigenvalue weighted by Crippen LogP contribution is 2.62. The van der Waals surface area contributed by atoms with Gasteiger partial charge in [0.25, 0.3) is 0 Å². The van der Waals surface area contributed by atoms with Crippen LogP contribution in [0.4, 0.5) is 0 Å². The number of fused-ring (bicyclic) bond motifs is 14. The van der Waals surface area contributed by atoms with Crippen molar-refractivity contribution in [2.75, 3.05) is 0 Å². The fraction of sp³-hybridized carbons (Fsp3) is 0. The minimum atomic E-state index is 1.22. The van der Waals surface area contributed by atoms with E-state index in [1.807, 2.05) is 0 Å². The van der Waals surface area contributed by atoms with Crippen LogP contribution in [-0.2, 0) is 0 Å². The molecule has 0 atom stereocenters. The van der Waals surface area contributed by atoms with Crippen molar-refractivity contribution >= 4 is 118 Å². The van der Waals surface area contributed by atoms with Gasteiger partial charge in [-0.05, 0) is 197 Å². The Morgan fingerprint density at radius 1 is 0.149 bits per heavy atom. The van der Waals surface area contributed by atoms with Gasteiger partial charge in [-0.25, -0.2) is 0 Å². The van der Waals surface area contributed by atoms with Crippen molar-refractivity contribution in [3.63, 3.8) is 0 Å². The summed E-state index contributed by atoms with van der Waals surface area (Å²) in [5.41, 5.74) is 15.4. The largest absolute Gasteiger partial charge is 0.0622 e. The van der Waals surface area contributed by atoms with E-state index in [2.05, 4.69) is 243 Å². The van der Waals surface area contributed by atoms with Gasteiger partial charge in [-0.2, -0.15) is 0 Å². The van der Waals surface area contributed by atoms with E-state index in [4.69, 9.17) is 0 Å². The van der Waals surface area contributed by atoms with Crippen molar-refractivity contribution in [1.29, 1.82) is 0 Å². The summed E-state index contributed by atoms with van der Waals surface area (Å²) in [6, 6.07) is 92.0. The van der Waals surface area contributed by atoms with E-state index in [1.54, 1.807) is 0 Å². The highest BCUT2D eigenvalue weighted by Gasteiger charge is 2.34. The molecule has 0 aliphatic heterocycles. The average Bonchev–Trinajstić information content (AvgIpc) is 4.15. The van der Waals surface area contributed by atoms with Gasteiger partial charge in [-0.15, -0.1) is 0 Å². The molecule has 0 nitrogen and oxygen atoms in total. The first-order chi connectivity index (χ1) is 36.8. The van der Waals surface area contributed by atoms with Crippen molar-refractivity contribution in [2.45, 2.75) is 0 Å². The number of benzene rings is 15.